The molecular formula is C10H18N4. The first-order chi connectivity index (χ1) is 6.65. The van der Waals surface area contributed by atoms with Crippen molar-refractivity contribution in [3.63, 3.8) is 0 Å². The maximum absolute atomic E-state index is 5.45. The standard InChI is InChI=1S/C10H18N4/c1-8-9(2)13-10(7-12-8)14(3)6-4-5-11/h7H,4-6,11H2,1-3H3. The van der Waals surface area contributed by atoms with E-state index >= 15 is 0 Å². The van der Waals surface area contributed by atoms with E-state index < -0.39 is 0 Å². The molecule has 0 fully saturated rings. The topological polar surface area (TPSA) is 55.0 Å². The summed E-state index contributed by atoms with van der Waals surface area (Å²) in [6.07, 6.45) is 2.78. The van der Waals surface area contributed by atoms with Gasteiger partial charge < -0.3 is 10.6 Å². The summed E-state index contributed by atoms with van der Waals surface area (Å²) in [6, 6.07) is 0. The van der Waals surface area contributed by atoms with Crippen LogP contribution in [0.5, 0.6) is 0 Å². The van der Waals surface area contributed by atoms with Crippen LogP contribution in [0.1, 0.15) is 17.8 Å². The highest BCUT2D eigenvalue weighted by atomic mass is 15.2. The second-order valence-corrected chi connectivity index (χ2v) is 3.46. The van der Waals surface area contributed by atoms with Gasteiger partial charge in [0.05, 0.1) is 17.6 Å². The van der Waals surface area contributed by atoms with Crippen molar-refractivity contribution < 1.29 is 0 Å². The third kappa shape index (κ3) is 2.67. The molecule has 0 unspecified atom stereocenters. The minimum absolute atomic E-state index is 0.711. The number of anilines is 1. The van der Waals surface area contributed by atoms with Crippen LogP contribution < -0.4 is 10.6 Å². The van der Waals surface area contributed by atoms with Gasteiger partial charge in [0.15, 0.2) is 0 Å². The predicted octanol–water partition coefficient (Wildman–Crippen LogP) is 0.878. The van der Waals surface area contributed by atoms with E-state index in [1.807, 2.05) is 20.9 Å². The largest absolute Gasteiger partial charge is 0.358 e. The summed E-state index contributed by atoms with van der Waals surface area (Å²) in [6.45, 7) is 5.57. The summed E-state index contributed by atoms with van der Waals surface area (Å²) in [5.41, 5.74) is 7.42. The second kappa shape index (κ2) is 4.91. The maximum Gasteiger partial charge on any atom is 0.147 e. The summed E-state index contributed by atoms with van der Waals surface area (Å²) < 4.78 is 0. The molecule has 0 aromatic carbocycles. The Morgan fingerprint density at radius 3 is 2.64 bits per heavy atom. The molecule has 0 atom stereocenters. The first-order valence-corrected chi connectivity index (χ1v) is 4.86. The zero-order valence-corrected chi connectivity index (χ0v) is 9.12. The summed E-state index contributed by atoms with van der Waals surface area (Å²) in [5, 5.41) is 0. The van der Waals surface area contributed by atoms with E-state index in [-0.39, 0.29) is 0 Å². The van der Waals surface area contributed by atoms with E-state index in [1.54, 1.807) is 6.20 Å². The van der Waals surface area contributed by atoms with Gasteiger partial charge in [-0.1, -0.05) is 0 Å². The summed E-state index contributed by atoms with van der Waals surface area (Å²) in [7, 11) is 2.01. The lowest BCUT2D eigenvalue weighted by Crippen LogP contribution is -2.22. The molecule has 4 nitrogen and oxygen atoms in total. The van der Waals surface area contributed by atoms with Gasteiger partial charge in [0, 0.05) is 13.6 Å². The molecule has 0 saturated carbocycles. The SMILES string of the molecule is Cc1ncc(N(C)CCCN)nc1C. The summed E-state index contributed by atoms with van der Waals surface area (Å²) in [5.74, 6) is 0.918. The van der Waals surface area contributed by atoms with Crippen LogP contribution >= 0.6 is 0 Å². The molecule has 14 heavy (non-hydrogen) atoms. The van der Waals surface area contributed by atoms with Crippen LogP contribution in [-0.4, -0.2) is 30.1 Å². The second-order valence-electron chi connectivity index (χ2n) is 3.46. The van der Waals surface area contributed by atoms with Gasteiger partial charge in [0.25, 0.3) is 0 Å². The quantitative estimate of drug-likeness (QED) is 0.773. The van der Waals surface area contributed by atoms with Crippen LogP contribution in [0.25, 0.3) is 0 Å². The Morgan fingerprint density at radius 2 is 2.07 bits per heavy atom. The highest BCUT2D eigenvalue weighted by Crippen LogP contribution is 2.09. The van der Waals surface area contributed by atoms with E-state index in [0.29, 0.717) is 6.54 Å². The highest BCUT2D eigenvalue weighted by Gasteiger charge is 2.03. The Morgan fingerprint density at radius 1 is 1.36 bits per heavy atom. The molecule has 4 heteroatoms. The zero-order valence-electron chi connectivity index (χ0n) is 9.12. The van der Waals surface area contributed by atoms with Gasteiger partial charge in [0.1, 0.15) is 5.82 Å². The molecule has 0 spiro atoms. The Hall–Kier alpha value is -1.16. The van der Waals surface area contributed by atoms with Crippen molar-refractivity contribution in [2.75, 3.05) is 25.0 Å². The van der Waals surface area contributed by atoms with Crippen molar-refractivity contribution in [3.05, 3.63) is 17.6 Å². The first-order valence-electron chi connectivity index (χ1n) is 4.86. The maximum atomic E-state index is 5.45. The van der Waals surface area contributed by atoms with E-state index in [4.69, 9.17) is 5.73 Å². The lowest BCUT2D eigenvalue weighted by molar-refractivity contribution is 0.781. The number of rotatable bonds is 4. The van der Waals surface area contributed by atoms with Gasteiger partial charge in [-0.25, -0.2) is 4.98 Å². The molecule has 1 aromatic heterocycles. The van der Waals surface area contributed by atoms with Gasteiger partial charge in [0.2, 0.25) is 0 Å². The zero-order chi connectivity index (χ0) is 10.6. The average molecular weight is 194 g/mol. The lowest BCUT2D eigenvalue weighted by Gasteiger charge is -2.17. The van der Waals surface area contributed by atoms with Gasteiger partial charge in [-0.2, -0.15) is 0 Å². The molecule has 0 aliphatic heterocycles. The Balaban J connectivity index is 2.70. The van der Waals surface area contributed by atoms with Crippen molar-refractivity contribution in [2.24, 2.45) is 5.73 Å². The Bertz CT molecular complexity index is 298. The van der Waals surface area contributed by atoms with Crippen LogP contribution in [0.4, 0.5) is 5.82 Å². The fraction of sp³-hybridized carbons (Fsp3) is 0.600. The van der Waals surface area contributed by atoms with Crippen molar-refractivity contribution >= 4 is 5.82 Å². The highest BCUT2D eigenvalue weighted by molar-refractivity contribution is 5.36. The molecule has 1 rings (SSSR count). The van der Waals surface area contributed by atoms with Gasteiger partial charge in [-0.05, 0) is 26.8 Å². The number of aromatic nitrogens is 2. The molecule has 1 aromatic rings. The Kier molecular flexibility index (Phi) is 3.83. The summed E-state index contributed by atoms with van der Waals surface area (Å²) in [4.78, 5) is 10.8. The van der Waals surface area contributed by atoms with E-state index in [0.717, 1.165) is 30.2 Å². The molecule has 0 amide bonds. The number of hydrogen-bond acceptors (Lipinski definition) is 4. The molecule has 0 aliphatic rings. The van der Waals surface area contributed by atoms with Crippen molar-refractivity contribution in [3.8, 4) is 0 Å². The average Bonchev–Trinajstić information content (AvgIpc) is 2.18. The summed E-state index contributed by atoms with van der Waals surface area (Å²) >= 11 is 0. The van der Waals surface area contributed by atoms with Crippen LogP contribution in [0, 0.1) is 13.8 Å². The van der Waals surface area contributed by atoms with Crippen molar-refractivity contribution in [2.45, 2.75) is 20.3 Å². The molecule has 78 valence electrons. The van der Waals surface area contributed by atoms with Gasteiger partial charge >= 0.3 is 0 Å². The molecule has 1 heterocycles. The third-order valence-corrected chi connectivity index (χ3v) is 2.27. The smallest absolute Gasteiger partial charge is 0.147 e. The Labute approximate surface area is 85.2 Å². The minimum Gasteiger partial charge on any atom is -0.358 e. The first kappa shape index (κ1) is 10.9. The van der Waals surface area contributed by atoms with E-state index in [1.165, 1.54) is 0 Å². The van der Waals surface area contributed by atoms with E-state index in [9.17, 15) is 0 Å². The minimum atomic E-state index is 0.711. The number of hydrogen-bond donors (Lipinski definition) is 1. The van der Waals surface area contributed by atoms with Gasteiger partial charge in [-0.3, -0.25) is 4.98 Å². The molecule has 0 radical (unpaired) electrons. The van der Waals surface area contributed by atoms with Crippen LogP contribution in [0.15, 0.2) is 6.20 Å². The van der Waals surface area contributed by atoms with Crippen molar-refractivity contribution in [1.29, 1.82) is 0 Å². The molecule has 2 N–H and O–H groups in total. The van der Waals surface area contributed by atoms with Crippen LogP contribution in [0.3, 0.4) is 0 Å². The molecule has 0 aliphatic carbocycles. The normalized spacial score (nSPS) is 10.3. The third-order valence-electron chi connectivity index (χ3n) is 2.27. The molecular weight excluding hydrogens is 176 g/mol. The van der Waals surface area contributed by atoms with Crippen LogP contribution in [-0.2, 0) is 0 Å². The van der Waals surface area contributed by atoms with Crippen molar-refractivity contribution in [1.82, 2.24) is 9.97 Å². The molecule has 0 saturated heterocycles. The predicted molar refractivity (Wildman–Crippen MR) is 58.4 cm³/mol. The van der Waals surface area contributed by atoms with E-state index in [2.05, 4.69) is 14.9 Å². The number of nitrogens with zero attached hydrogens (tertiary/aromatic N) is 3. The lowest BCUT2D eigenvalue weighted by atomic mass is 10.3. The monoisotopic (exact) mass is 194 g/mol. The fourth-order valence-electron chi connectivity index (χ4n) is 1.16. The molecule has 0 bridgehead atoms. The van der Waals surface area contributed by atoms with Crippen LogP contribution in [0.2, 0.25) is 0 Å². The fourth-order valence-corrected chi connectivity index (χ4v) is 1.16. The number of aryl methyl sites for hydroxylation is 2. The number of nitrogens with two attached hydrogens (primary N) is 1. The van der Waals surface area contributed by atoms with Gasteiger partial charge in [-0.15, -0.1) is 0 Å².